The summed E-state index contributed by atoms with van der Waals surface area (Å²) in [6, 6.07) is 12.1. The molecule has 0 radical (unpaired) electrons. The first-order valence-corrected chi connectivity index (χ1v) is 9.86. The molecule has 2 aromatic carbocycles. The summed E-state index contributed by atoms with van der Waals surface area (Å²) in [4.78, 5) is 17.1. The van der Waals surface area contributed by atoms with E-state index in [-0.39, 0.29) is 30.4 Å². The lowest BCUT2D eigenvalue weighted by Crippen LogP contribution is -2.42. The molecule has 154 valence electrons. The number of hydrogen-bond acceptors (Lipinski definition) is 6. The zero-order valence-corrected chi connectivity index (χ0v) is 16.3. The smallest absolute Gasteiger partial charge is 0.324 e. The van der Waals surface area contributed by atoms with Crippen LogP contribution in [0.5, 0.6) is 17.2 Å². The Balaban J connectivity index is 1.47. The SMILES string of the molecule is CCC(=O)ON1CC[C@@H](c2ccc(F)cc2)[C@H](COc2ccc3c(c2)OCO3)C1. The third kappa shape index (κ3) is 4.62. The van der Waals surface area contributed by atoms with Gasteiger partial charge in [0.25, 0.3) is 0 Å². The van der Waals surface area contributed by atoms with Gasteiger partial charge < -0.3 is 19.0 Å². The molecule has 2 aliphatic heterocycles. The predicted octanol–water partition coefficient (Wildman–Crippen LogP) is 3.91. The number of hydroxylamine groups is 2. The van der Waals surface area contributed by atoms with Crippen LogP contribution in [0, 0.1) is 11.7 Å². The second-order valence-corrected chi connectivity index (χ2v) is 7.24. The van der Waals surface area contributed by atoms with Crippen molar-refractivity contribution in [3.63, 3.8) is 0 Å². The number of ether oxygens (including phenoxy) is 3. The van der Waals surface area contributed by atoms with Gasteiger partial charge in [-0.3, -0.25) is 4.79 Å². The Morgan fingerprint density at radius 3 is 2.76 bits per heavy atom. The Labute approximate surface area is 169 Å². The van der Waals surface area contributed by atoms with Gasteiger partial charge in [0.05, 0.1) is 6.61 Å². The Hall–Kier alpha value is -2.80. The molecule has 6 nitrogen and oxygen atoms in total. The lowest BCUT2D eigenvalue weighted by molar-refractivity contribution is -0.200. The third-order valence-corrected chi connectivity index (χ3v) is 5.32. The van der Waals surface area contributed by atoms with Crippen molar-refractivity contribution in [1.82, 2.24) is 5.06 Å². The van der Waals surface area contributed by atoms with E-state index in [0.717, 1.165) is 12.0 Å². The second-order valence-electron chi connectivity index (χ2n) is 7.24. The maximum atomic E-state index is 13.4. The quantitative estimate of drug-likeness (QED) is 0.732. The van der Waals surface area contributed by atoms with Crippen molar-refractivity contribution in [1.29, 1.82) is 0 Å². The lowest BCUT2D eigenvalue weighted by Gasteiger charge is -2.37. The molecule has 0 saturated carbocycles. The van der Waals surface area contributed by atoms with Gasteiger partial charge in [-0.15, -0.1) is 5.06 Å². The van der Waals surface area contributed by atoms with E-state index in [1.54, 1.807) is 12.0 Å². The van der Waals surface area contributed by atoms with Crippen molar-refractivity contribution in [2.75, 3.05) is 26.5 Å². The van der Waals surface area contributed by atoms with Gasteiger partial charge in [0.1, 0.15) is 11.6 Å². The van der Waals surface area contributed by atoms with Crippen LogP contribution >= 0.6 is 0 Å². The Morgan fingerprint density at radius 2 is 1.97 bits per heavy atom. The lowest BCUT2D eigenvalue weighted by atomic mass is 9.81. The maximum absolute atomic E-state index is 13.4. The van der Waals surface area contributed by atoms with Crippen molar-refractivity contribution in [2.24, 2.45) is 5.92 Å². The summed E-state index contributed by atoms with van der Waals surface area (Å²) >= 11 is 0. The summed E-state index contributed by atoms with van der Waals surface area (Å²) in [5.41, 5.74) is 1.06. The molecule has 1 saturated heterocycles. The van der Waals surface area contributed by atoms with E-state index < -0.39 is 0 Å². The van der Waals surface area contributed by atoms with Gasteiger partial charge >= 0.3 is 5.97 Å². The summed E-state index contributed by atoms with van der Waals surface area (Å²) in [6.07, 6.45) is 1.12. The standard InChI is InChI=1S/C22H24FNO5/c1-2-22(25)29-24-10-9-19(15-3-5-17(23)6-4-15)16(12-24)13-26-18-7-8-20-21(11-18)28-14-27-20/h3-8,11,16,19H,2,9-10,12-14H2,1H3/t16-,19-/m0/s1. The van der Waals surface area contributed by atoms with Gasteiger partial charge in [0.2, 0.25) is 6.79 Å². The van der Waals surface area contributed by atoms with Crippen LogP contribution in [0.1, 0.15) is 31.2 Å². The number of hydrogen-bond donors (Lipinski definition) is 0. The Kier molecular flexibility index (Phi) is 5.85. The van der Waals surface area contributed by atoms with Crippen LogP contribution in [0.3, 0.4) is 0 Å². The molecule has 0 bridgehead atoms. The molecule has 7 heteroatoms. The molecule has 0 N–H and O–H groups in total. The molecule has 1 fully saturated rings. The molecule has 0 aromatic heterocycles. The van der Waals surface area contributed by atoms with Crippen LogP contribution in [0.2, 0.25) is 0 Å². The number of fused-ring (bicyclic) bond motifs is 1. The largest absolute Gasteiger partial charge is 0.493 e. The first-order valence-electron chi connectivity index (χ1n) is 9.86. The fraction of sp³-hybridized carbons (Fsp3) is 0.409. The minimum absolute atomic E-state index is 0.0734. The Bertz CT molecular complexity index is 857. The number of piperidine rings is 1. The molecule has 2 aromatic rings. The van der Waals surface area contributed by atoms with Gasteiger partial charge in [0, 0.05) is 31.5 Å². The summed E-state index contributed by atoms with van der Waals surface area (Å²) in [6.45, 7) is 3.61. The van der Waals surface area contributed by atoms with Crippen LogP contribution in [0.15, 0.2) is 42.5 Å². The van der Waals surface area contributed by atoms with E-state index in [0.29, 0.717) is 43.4 Å². The van der Waals surface area contributed by atoms with Crippen LogP contribution in [0.4, 0.5) is 4.39 Å². The highest BCUT2D eigenvalue weighted by atomic mass is 19.1. The molecule has 2 aliphatic rings. The summed E-state index contributed by atoms with van der Waals surface area (Å²) in [5.74, 6) is 1.81. The van der Waals surface area contributed by atoms with E-state index in [4.69, 9.17) is 19.0 Å². The number of nitrogens with zero attached hydrogens (tertiary/aromatic N) is 1. The van der Waals surface area contributed by atoms with Gasteiger partial charge in [-0.25, -0.2) is 4.39 Å². The van der Waals surface area contributed by atoms with Gasteiger partial charge in [-0.2, -0.15) is 0 Å². The normalized spacial score (nSPS) is 21.0. The van der Waals surface area contributed by atoms with E-state index >= 15 is 0 Å². The van der Waals surface area contributed by atoms with Gasteiger partial charge in [-0.05, 0) is 42.2 Å². The summed E-state index contributed by atoms with van der Waals surface area (Å²) in [7, 11) is 0. The maximum Gasteiger partial charge on any atom is 0.324 e. The van der Waals surface area contributed by atoms with Crippen molar-refractivity contribution in [3.8, 4) is 17.2 Å². The first kappa shape index (κ1) is 19.5. The monoisotopic (exact) mass is 401 g/mol. The second kappa shape index (κ2) is 8.69. The molecule has 2 heterocycles. The van der Waals surface area contributed by atoms with E-state index in [1.165, 1.54) is 12.1 Å². The third-order valence-electron chi connectivity index (χ3n) is 5.32. The number of carbonyl (C=O) groups is 1. The summed E-state index contributed by atoms with van der Waals surface area (Å²) in [5, 5.41) is 1.71. The van der Waals surface area contributed by atoms with Crippen LogP contribution in [0.25, 0.3) is 0 Å². The molecule has 0 spiro atoms. The molecule has 0 amide bonds. The number of benzene rings is 2. The zero-order valence-electron chi connectivity index (χ0n) is 16.3. The van der Waals surface area contributed by atoms with Crippen molar-refractivity contribution in [3.05, 3.63) is 53.8 Å². The predicted molar refractivity (Wildman–Crippen MR) is 103 cm³/mol. The van der Waals surface area contributed by atoms with E-state index in [2.05, 4.69) is 0 Å². The number of carbonyl (C=O) groups excluding carboxylic acids is 1. The van der Waals surface area contributed by atoms with Crippen molar-refractivity contribution >= 4 is 5.97 Å². The van der Waals surface area contributed by atoms with Crippen LogP contribution < -0.4 is 14.2 Å². The molecule has 2 atom stereocenters. The minimum atomic E-state index is -0.253. The zero-order chi connectivity index (χ0) is 20.2. The molecule has 29 heavy (non-hydrogen) atoms. The van der Waals surface area contributed by atoms with Crippen molar-refractivity contribution in [2.45, 2.75) is 25.7 Å². The molecule has 0 unspecified atom stereocenters. The van der Waals surface area contributed by atoms with Crippen LogP contribution in [-0.4, -0.2) is 37.5 Å². The fourth-order valence-corrected chi connectivity index (χ4v) is 3.78. The highest BCUT2D eigenvalue weighted by Crippen LogP contribution is 2.37. The number of rotatable bonds is 6. The average Bonchev–Trinajstić information content (AvgIpc) is 3.21. The molecular formula is C22H24FNO5. The van der Waals surface area contributed by atoms with Gasteiger partial charge in [0.15, 0.2) is 11.5 Å². The molecule has 0 aliphatic carbocycles. The topological polar surface area (TPSA) is 57.2 Å². The fourth-order valence-electron chi connectivity index (χ4n) is 3.78. The summed E-state index contributed by atoms with van der Waals surface area (Å²) < 4.78 is 30.1. The van der Waals surface area contributed by atoms with E-state index in [9.17, 15) is 9.18 Å². The molecule has 4 rings (SSSR count). The van der Waals surface area contributed by atoms with Crippen LogP contribution in [-0.2, 0) is 9.63 Å². The number of halogens is 1. The van der Waals surface area contributed by atoms with Gasteiger partial charge in [-0.1, -0.05) is 19.1 Å². The average molecular weight is 401 g/mol. The molecular weight excluding hydrogens is 377 g/mol. The highest BCUT2D eigenvalue weighted by Gasteiger charge is 2.33. The highest BCUT2D eigenvalue weighted by molar-refractivity contribution is 5.68. The Morgan fingerprint density at radius 1 is 1.17 bits per heavy atom. The van der Waals surface area contributed by atoms with Crippen molar-refractivity contribution < 1.29 is 28.2 Å². The first-order chi connectivity index (χ1) is 14.1. The minimum Gasteiger partial charge on any atom is -0.493 e. The van der Waals surface area contributed by atoms with E-state index in [1.807, 2.05) is 30.3 Å².